The molecule has 1 aromatic carbocycles. The Morgan fingerprint density at radius 1 is 1.21 bits per heavy atom. The molecule has 0 unspecified atom stereocenters. The molecular formula is C13H16BrN3O2. The monoisotopic (exact) mass is 325 g/mol. The van der Waals surface area contributed by atoms with E-state index in [0.717, 1.165) is 32.8 Å². The van der Waals surface area contributed by atoms with E-state index in [-0.39, 0.29) is 0 Å². The number of nitrogens with two attached hydrogens (primary N) is 1. The molecule has 0 atom stereocenters. The first kappa shape index (κ1) is 13.7. The third-order valence-corrected chi connectivity index (χ3v) is 3.60. The van der Waals surface area contributed by atoms with Crippen LogP contribution in [0.5, 0.6) is 11.5 Å². The molecule has 0 saturated heterocycles. The van der Waals surface area contributed by atoms with E-state index >= 15 is 0 Å². The molecule has 0 aliphatic heterocycles. The largest absolute Gasteiger partial charge is 0.496 e. The van der Waals surface area contributed by atoms with Gasteiger partial charge in [0.05, 0.1) is 24.4 Å². The third kappa shape index (κ3) is 2.28. The van der Waals surface area contributed by atoms with Gasteiger partial charge >= 0.3 is 0 Å². The highest BCUT2D eigenvalue weighted by Gasteiger charge is 2.18. The van der Waals surface area contributed by atoms with Crippen LogP contribution in [0.2, 0.25) is 0 Å². The number of nitrogen functional groups attached to an aromatic ring is 1. The molecule has 0 aliphatic rings. The quantitative estimate of drug-likeness (QED) is 0.942. The first-order chi connectivity index (χ1) is 8.99. The topological polar surface area (TPSA) is 62.3 Å². The minimum absolute atomic E-state index is 0.599. The summed E-state index contributed by atoms with van der Waals surface area (Å²) in [5, 5.41) is 4.38. The van der Waals surface area contributed by atoms with Crippen molar-refractivity contribution in [3.8, 4) is 22.8 Å². The van der Waals surface area contributed by atoms with E-state index in [4.69, 9.17) is 15.2 Å². The summed E-state index contributed by atoms with van der Waals surface area (Å²) >= 11 is 3.50. The number of methoxy groups -OCH3 is 2. The second kappa shape index (κ2) is 5.13. The first-order valence-corrected chi connectivity index (χ1v) is 6.49. The Morgan fingerprint density at radius 3 is 2.32 bits per heavy atom. The molecule has 2 aromatic rings. The van der Waals surface area contributed by atoms with Crippen molar-refractivity contribution < 1.29 is 9.47 Å². The first-order valence-electron chi connectivity index (χ1n) is 5.70. The Kier molecular flexibility index (Phi) is 3.71. The number of nitrogens with zero attached hydrogens (tertiary/aromatic N) is 2. The number of aromatic nitrogens is 2. The number of ether oxygens (including phenoxy) is 2. The highest BCUT2D eigenvalue weighted by Crippen LogP contribution is 2.42. The summed E-state index contributed by atoms with van der Waals surface area (Å²) in [7, 11) is 5.06. The predicted molar refractivity (Wildman–Crippen MR) is 78.6 cm³/mol. The summed E-state index contributed by atoms with van der Waals surface area (Å²) in [4.78, 5) is 0. The van der Waals surface area contributed by atoms with Crippen molar-refractivity contribution in [1.29, 1.82) is 0 Å². The lowest BCUT2D eigenvalue weighted by molar-refractivity contribution is 0.388. The average Bonchev–Trinajstić information content (AvgIpc) is 2.69. The molecule has 2 rings (SSSR count). The number of benzene rings is 1. The van der Waals surface area contributed by atoms with Crippen LogP contribution in [0.15, 0.2) is 16.6 Å². The summed E-state index contributed by atoms with van der Waals surface area (Å²) < 4.78 is 13.3. The number of rotatable bonds is 3. The lowest BCUT2D eigenvalue weighted by atomic mass is 10.1. The zero-order valence-corrected chi connectivity index (χ0v) is 12.9. The fourth-order valence-corrected chi connectivity index (χ4v) is 2.75. The lowest BCUT2D eigenvalue weighted by Gasteiger charge is -2.15. The Hall–Kier alpha value is -1.69. The van der Waals surface area contributed by atoms with Gasteiger partial charge in [-0.3, -0.25) is 4.68 Å². The standard InChI is InChI=1S/C13H16BrN3O2/c1-7-12(18-3)8(5-9(14)13(7)19-4)10-6-11(15)17(2)16-10/h5-6H,15H2,1-4H3. The van der Waals surface area contributed by atoms with Crippen LogP contribution in [-0.2, 0) is 7.05 Å². The lowest BCUT2D eigenvalue weighted by Crippen LogP contribution is -1.98. The van der Waals surface area contributed by atoms with Gasteiger partial charge in [-0.05, 0) is 28.9 Å². The van der Waals surface area contributed by atoms with Crippen molar-refractivity contribution >= 4 is 21.7 Å². The number of halogens is 1. The van der Waals surface area contributed by atoms with Gasteiger partial charge in [0.1, 0.15) is 17.3 Å². The van der Waals surface area contributed by atoms with Crippen LogP contribution in [0.4, 0.5) is 5.82 Å². The molecule has 2 N–H and O–H groups in total. The number of hydrogen-bond donors (Lipinski definition) is 1. The highest BCUT2D eigenvalue weighted by molar-refractivity contribution is 9.10. The molecule has 6 heteroatoms. The zero-order chi connectivity index (χ0) is 14.2. The molecule has 0 spiro atoms. The molecule has 0 saturated carbocycles. The van der Waals surface area contributed by atoms with E-state index < -0.39 is 0 Å². The third-order valence-electron chi connectivity index (χ3n) is 3.01. The maximum absolute atomic E-state index is 5.82. The molecule has 1 aromatic heterocycles. The molecule has 0 amide bonds. The van der Waals surface area contributed by atoms with Crippen molar-refractivity contribution in [2.24, 2.45) is 7.05 Å². The molecule has 0 fully saturated rings. The van der Waals surface area contributed by atoms with Gasteiger partial charge in [0.25, 0.3) is 0 Å². The minimum Gasteiger partial charge on any atom is -0.496 e. The van der Waals surface area contributed by atoms with E-state index in [2.05, 4.69) is 21.0 Å². The second-order valence-electron chi connectivity index (χ2n) is 4.18. The summed E-state index contributed by atoms with van der Waals surface area (Å²) in [6, 6.07) is 3.74. The van der Waals surface area contributed by atoms with Crippen LogP contribution in [0.3, 0.4) is 0 Å². The van der Waals surface area contributed by atoms with E-state index in [1.807, 2.05) is 19.1 Å². The average molecular weight is 326 g/mol. The smallest absolute Gasteiger partial charge is 0.139 e. The van der Waals surface area contributed by atoms with Crippen molar-refractivity contribution in [3.63, 3.8) is 0 Å². The molecule has 0 aliphatic carbocycles. The van der Waals surface area contributed by atoms with Crippen molar-refractivity contribution in [2.75, 3.05) is 20.0 Å². The van der Waals surface area contributed by atoms with Gasteiger partial charge in [0, 0.05) is 24.2 Å². The Morgan fingerprint density at radius 2 is 1.84 bits per heavy atom. The van der Waals surface area contributed by atoms with Gasteiger partial charge in [-0.15, -0.1) is 0 Å². The van der Waals surface area contributed by atoms with Crippen molar-refractivity contribution in [3.05, 3.63) is 22.2 Å². The summed E-state index contributed by atoms with van der Waals surface area (Å²) in [5.41, 5.74) is 8.38. The molecular weight excluding hydrogens is 310 g/mol. The predicted octanol–water partition coefficient (Wildman–Crippen LogP) is 2.76. The van der Waals surface area contributed by atoms with Crippen molar-refractivity contribution in [1.82, 2.24) is 9.78 Å². The van der Waals surface area contributed by atoms with Gasteiger partial charge in [0.2, 0.25) is 0 Å². The Labute approximate surface area is 120 Å². The number of anilines is 1. The summed E-state index contributed by atoms with van der Waals surface area (Å²) in [6.45, 7) is 1.94. The molecule has 19 heavy (non-hydrogen) atoms. The second-order valence-corrected chi connectivity index (χ2v) is 5.03. The molecule has 102 valence electrons. The van der Waals surface area contributed by atoms with Crippen LogP contribution >= 0.6 is 15.9 Å². The molecule has 0 bridgehead atoms. The van der Waals surface area contributed by atoms with Crippen LogP contribution in [0.25, 0.3) is 11.3 Å². The summed E-state index contributed by atoms with van der Waals surface area (Å²) in [5.74, 6) is 2.09. The minimum atomic E-state index is 0.599. The van der Waals surface area contributed by atoms with Crippen LogP contribution in [0.1, 0.15) is 5.56 Å². The number of hydrogen-bond acceptors (Lipinski definition) is 4. The van der Waals surface area contributed by atoms with E-state index in [1.165, 1.54) is 0 Å². The maximum Gasteiger partial charge on any atom is 0.139 e. The highest BCUT2D eigenvalue weighted by atomic mass is 79.9. The van der Waals surface area contributed by atoms with Gasteiger partial charge in [-0.2, -0.15) is 5.10 Å². The van der Waals surface area contributed by atoms with Gasteiger partial charge in [-0.1, -0.05) is 0 Å². The van der Waals surface area contributed by atoms with Gasteiger partial charge < -0.3 is 15.2 Å². The maximum atomic E-state index is 5.82. The normalized spacial score (nSPS) is 10.6. The molecule has 5 nitrogen and oxygen atoms in total. The van der Waals surface area contributed by atoms with E-state index in [1.54, 1.807) is 25.9 Å². The van der Waals surface area contributed by atoms with Crippen LogP contribution in [-0.4, -0.2) is 24.0 Å². The van der Waals surface area contributed by atoms with E-state index in [9.17, 15) is 0 Å². The van der Waals surface area contributed by atoms with Crippen LogP contribution < -0.4 is 15.2 Å². The number of aryl methyl sites for hydroxylation is 1. The molecule has 1 heterocycles. The van der Waals surface area contributed by atoms with E-state index in [0.29, 0.717) is 5.82 Å². The Bertz CT molecular complexity index is 603. The van der Waals surface area contributed by atoms with Gasteiger partial charge in [-0.25, -0.2) is 0 Å². The Balaban J connectivity index is 2.69. The zero-order valence-electron chi connectivity index (χ0n) is 11.3. The summed E-state index contributed by atoms with van der Waals surface area (Å²) in [6.07, 6.45) is 0. The van der Waals surface area contributed by atoms with Crippen LogP contribution in [0, 0.1) is 6.92 Å². The van der Waals surface area contributed by atoms with Gasteiger partial charge in [0.15, 0.2) is 0 Å². The SMILES string of the molecule is COc1c(Br)cc(-c2cc(N)n(C)n2)c(OC)c1C. The fraction of sp³-hybridized carbons (Fsp3) is 0.308. The fourth-order valence-electron chi connectivity index (χ4n) is 2.06. The molecule has 0 radical (unpaired) electrons. The van der Waals surface area contributed by atoms with Crippen molar-refractivity contribution in [2.45, 2.75) is 6.92 Å².